The number of rotatable bonds is 12. The van der Waals surface area contributed by atoms with Crippen LogP contribution in [0.5, 0.6) is 5.75 Å². The Morgan fingerprint density at radius 1 is 0.865 bits per heavy atom. The normalized spacial score (nSPS) is 13.2. The van der Waals surface area contributed by atoms with Crippen LogP contribution < -0.4 is 21.7 Å². The van der Waals surface area contributed by atoms with Crippen LogP contribution in [0.15, 0.2) is 54.6 Å². The lowest BCUT2D eigenvalue weighted by Crippen LogP contribution is -2.56. The lowest BCUT2D eigenvalue weighted by Gasteiger charge is -2.30. The van der Waals surface area contributed by atoms with Crippen molar-refractivity contribution in [2.75, 3.05) is 13.6 Å². The number of nitrogens with zero attached hydrogens (tertiary/aromatic N) is 1. The first-order valence-electron chi connectivity index (χ1n) is 12.2. The zero-order valence-electron chi connectivity index (χ0n) is 21.7. The molecule has 0 aliphatic rings. The first kappa shape index (κ1) is 29.3. The number of hydrogen-bond acceptors (Lipinski definition) is 6. The second kappa shape index (κ2) is 14.0. The monoisotopic (exact) mass is 511 g/mol. The van der Waals surface area contributed by atoms with Crippen molar-refractivity contribution < 1.29 is 24.3 Å². The fraction of sp³-hybridized carbons (Fsp3) is 0.407. The molecule has 0 heterocycles. The Balaban J connectivity index is 2.06. The summed E-state index contributed by atoms with van der Waals surface area (Å²) in [7, 11) is 1.49. The largest absolute Gasteiger partial charge is 0.508 e. The van der Waals surface area contributed by atoms with E-state index >= 15 is 0 Å². The molecule has 0 saturated heterocycles. The molecule has 3 atom stereocenters. The maximum atomic E-state index is 13.2. The molecule has 0 aromatic heterocycles. The molecule has 4 amide bonds. The Labute approximate surface area is 217 Å². The van der Waals surface area contributed by atoms with Crippen LogP contribution in [0.3, 0.4) is 0 Å². The van der Waals surface area contributed by atoms with Crippen LogP contribution in [0.25, 0.3) is 0 Å². The van der Waals surface area contributed by atoms with Gasteiger partial charge in [-0.15, -0.1) is 0 Å². The molecule has 6 N–H and O–H groups in total. The Bertz CT molecular complexity index is 1060. The molecule has 2 aromatic carbocycles. The quantitative estimate of drug-likeness (QED) is 0.279. The van der Waals surface area contributed by atoms with Crippen molar-refractivity contribution in [3.8, 4) is 5.75 Å². The SMILES string of the molecule is CC(C)NC(=O)CNC(=O)[C@H](Cc1ccccc1)N(C)C(=O)[C@@H](C)NC(=O)[C@@H](N)Cc1ccc(O)cc1. The van der Waals surface area contributed by atoms with E-state index in [1.807, 2.05) is 44.2 Å². The summed E-state index contributed by atoms with van der Waals surface area (Å²) in [5.74, 6) is -1.71. The number of hydrogen-bond donors (Lipinski definition) is 5. The van der Waals surface area contributed by atoms with Gasteiger partial charge in [0, 0.05) is 19.5 Å². The van der Waals surface area contributed by atoms with E-state index in [2.05, 4.69) is 16.0 Å². The van der Waals surface area contributed by atoms with Gasteiger partial charge in [0.05, 0.1) is 12.6 Å². The average Bonchev–Trinajstić information content (AvgIpc) is 2.86. The van der Waals surface area contributed by atoms with Crippen LogP contribution in [-0.2, 0) is 32.0 Å². The Hall–Kier alpha value is -3.92. The van der Waals surface area contributed by atoms with Gasteiger partial charge in [-0.2, -0.15) is 0 Å². The first-order chi connectivity index (χ1) is 17.5. The van der Waals surface area contributed by atoms with Crippen LogP contribution in [0, 0.1) is 0 Å². The van der Waals surface area contributed by atoms with Gasteiger partial charge >= 0.3 is 0 Å². The molecule has 2 rings (SSSR count). The number of benzene rings is 2. The van der Waals surface area contributed by atoms with Gasteiger partial charge in [-0.25, -0.2) is 0 Å². The minimum Gasteiger partial charge on any atom is -0.508 e. The Morgan fingerprint density at radius 3 is 2.05 bits per heavy atom. The fourth-order valence-electron chi connectivity index (χ4n) is 3.72. The van der Waals surface area contributed by atoms with Crippen LogP contribution in [0.4, 0.5) is 0 Å². The van der Waals surface area contributed by atoms with Gasteiger partial charge in [-0.1, -0.05) is 42.5 Å². The summed E-state index contributed by atoms with van der Waals surface area (Å²) in [5, 5.41) is 17.3. The summed E-state index contributed by atoms with van der Waals surface area (Å²) in [6.45, 7) is 4.94. The number of amides is 4. The molecule has 10 nitrogen and oxygen atoms in total. The van der Waals surface area contributed by atoms with Crippen molar-refractivity contribution in [2.24, 2.45) is 5.73 Å². The van der Waals surface area contributed by atoms with E-state index in [1.54, 1.807) is 12.1 Å². The van der Waals surface area contributed by atoms with Gasteiger partial charge in [0.1, 0.15) is 17.8 Å². The van der Waals surface area contributed by atoms with E-state index in [1.165, 1.54) is 31.0 Å². The third-order valence-electron chi connectivity index (χ3n) is 5.72. The lowest BCUT2D eigenvalue weighted by molar-refractivity contribution is -0.141. The second-order valence-electron chi connectivity index (χ2n) is 9.30. The maximum Gasteiger partial charge on any atom is 0.245 e. The highest BCUT2D eigenvalue weighted by molar-refractivity contribution is 5.94. The third kappa shape index (κ3) is 9.57. The van der Waals surface area contributed by atoms with E-state index in [0.29, 0.717) is 0 Å². The van der Waals surface area contributed by atoms with Gasteiger partial charge < -0.3 is 31.7 Å². The number of nitrogens with one attached hydrogen (secondary N) is 3. The summed E-state index contributed by atoms with van der Waals surface area (Å²) < 4.78 is 0. The fourth-order valence-corrected chi connectivity index (χ4v) is 3.72. The van der Waals surface area contributed by atoms with E-state index in [0.717, 1.165) is 11.1 Å². The molecular formula is C27H37N5O5. The molecule has 0 bridgehead atoms. The van der Waals surface area contributed by atoms with Gasteiger partial charge in [0.2, 0.25) is 23.6 Å². The van der Waals surface area contributed by atoms with Crippen LogP contribution in [0.1, 0.15) is 31.9 Å². The number of phenolic OH excluding ortho intramolecular Hbond substituents is 1. The summed E-state index contributed by atoms with van der Waals surface area (Å²) >= 11 is 0. The molecule has 0 spiro atoms. The van der Waals surface area contributed by atoms with Crippen molar-refractivity contribution in [1.82, 2.24) is 20.9 Å². The predicted octanol–water partition coefficient (Wildman–Crippen LogP) is 0.477. The number of likely N-dealkylation sites (N-methyl/N-ethyl adjacent to an activating group) is 1. The van der Waals surface area contributed by atoms with Crippen LogP contribution in [-0.4, -0.2) is 71.4 Å². The summed E-state index contributed by atoms with van der Waals surface area (Å²) in [5.41, 5.74) is 7.62. The van der Waals surface area contributed by atoms with E-state index in [-0.39, 0.29) is 37.1 Å². The third-order valence-corrected chi connectivity index (χ3v) is 5.72. The number of phenols is 1. The number of nitrogens with two attached hydrogens (primary N) is 1. The summed E-state index contributed by atoms with van der Waals surface area (Å²) in [6, 6.07) is 12.7. The topological polar surface area (TPSA) is 154 Å². The number of aromatic hydroxyl groups is 1. The zero-order chi connectivity index (χ0) is 27.5. The van der Waals surface area contributed by atoms with Gasteiger partial charge in [0.25, 0.3) is 0 Å². The van der Waals surface area contributed by atoms with Crippen molar-refractivity contribution in [1.29, 1.82) is 0 Å². The molecule has 2 aromatic rings. The highest BCUT2D eigenvalue weighted by Gasteiger charge is 2.31. The molecule has 0 fully saturated rings. The van der Waals surface area contributed by atoms with Crippen LogP contribution >= 0.6 is 0 Å². The molecule has 0 saturated carbocycles. The summed E-state index contributed by atoms with van der Waals surface area (Å²) in [6.07, 6.45) is 0.447. The zero-order valence-corrected chi connectivity index (χ0v) is 21.7. The highest BCUT2D eigenvalue weighted by Crippen LogP contribution is 2.12. The van der Waals surface area contributed by atoms with Crippen molar-refractivity contribution in [2.45, 2.75) is 57.8 Å². The van der Waals surface area contributed by atoms with Gasteiger partial charge in [-0.05, 0) is 50.5 Å². The van der Waals surface area contributed by atoms with E-state index in [9.17, 15) is 24.3 Å². The Kier molecular flexibility index (Phi) is 11.1. The molecule has 200 valence electrons. The van der Waals surface area contributed by atoms with Crippen molar-refractivity contribution in [3.63, 3.8) is 0 Å². The first-order valence-corrected chi connectivity index (χ1v) is 12.2. The molecule has 0 aliphatic heterocycles. The smallest absolute Gasteiger partial charge is 0.245 e. The van der Waals surface area contributed by atoms with Crippen LogP contribution in [0.2, 0.25) is 0 Å². The minimum absolute atomic E-state index is 0.0707. The average molecular weight is 512 g/mol. The molecule has 0 aliphatic carbocycles. The molecule has 0 unspecified atom stereocenters. The summed E-state index contributed by atoms with van der Waals surface area (Å²) in [4.78, 5) is 52.2. The van der Waals surface area contributed by atoms with Gasteiger partial charge in [-0.3, -0.25) is 19.2 Å². The van der Waals surface area contributed by atoms with Crippen molar-refractivity contribution in [3.05, 3.63) is 65.7 Å². The number of carbonyl (C=O) groups is 4. The van der Waals surface area contributed by atoms with E-state index in [4.69, 9.17) is 5.73 Å². The highest BCUT2D eigenvalue weighted by atomic mass is 16.3. The molecule has 0 radical (unpaired) electrons. The lowest BCUT2D eigenvalue weighted by atomic mass is 10.0. The molecular weight excluding hydrogens is 474 g/mol. The van der Waals surface area contributed by atoms with E-state index < -0.39 is 35.8 Å². The standard InChI is InChI=1S/C27H37N5O5/c1-17(2)30-24(34)16-29-26(36)23(15-19-8-6-5-7-9-19)32(4)27(37)18(3)31-25(35)22(28)14-20-10-12-21(33)13-11-20/h5-13,17-18,22-23,33H,14-16,28H2,1-4H3,(H,29,36)(H,30,34)(H,31,35)/t18-,22+,23+/m1/s1. The molecule has 10 heteroatoms. The number of carbonyl (C=O) groups excluding carboxylic acids is 4. The Morgan fingerprint density at radius 2 is 1.46 bits per heavy atom. The maximum absolute atomic E-state index is 13.2. The molecule has 37 heavy (non-hydrogen) atoms. The predicted molar refractivity (Wildman–Crippen MR) is 140 cm³/mol. The second-order valence-corrected chi connectivity index (χ2v) is 9.30. The van der Waals surface area contributed by atoms with Crippen molar-refractivity contribution >= 4 is 23.6 Å². The van der Waals surface area contributed by atoms with Gasteiger partial charge in [0.15, 0.2) is 0 Å². The minimum atomic E-state index is -0.946.